The van der Waals surface area contributed by atoms with Gasteiger partial charge in [0.05, 0.1) is 6.61 Å². The second-order valence-corrected chi connectivity index (χ2v) is 6.37. The molecule has 0 saturated carbocycles. The average molecular weight is 295 g/mol. The molecule has 0 aliphatic carbocycles. The van der Waals surface area contributed by atoms with E-state index in [0.29, 0.717) is 0 Å². The predicted molar refractivity (Wildman–Crippen MR) is 82.1 cm³/mol. The minimum absolute atomic E-state index is 0.759. The molecule has 110 valence electrons. The number of ether oxygens (including phenoxy) is 1. The molecule has 2 aliphatic rings. The molecular weight excluding hydrogens is 272 g/mol. The standard InChI is InChI=1S/C16H23ClN2O/c17-16-3-1-2-14(10-16)11-18-5-7-19(8-6-18)12-15-4-9-20-13-15/h1-3,10,15H,4-9,11-13H2/t15-/m1/s1. The number of nitrogens with zero attached hydrogens (tertiary/aromatic N) is 2. The fourth-order valence-electron chi connectivity index (χ4n) is 3.12. The molecule has 0 radical (unpaired) electrons. The number of hydrogen-bond acceptors (Lipinski definition) is 3. The zero-order valence-corrected chi connectivity index (χ0v) is 12.7. The van der Waals surface area contributed by atoms with E-state index in [1.165, 1.54) is 31.6 Å². The van der Waals surface area contributed by atoms with Gasteiger partial charge in [-0.15, -0.1) is 0 Å². The molecule has 20 heavy (non-hydrogen) atoms. The van der Waals surface area contributed by atoms with Gasteiger partial charge in [0, 0.05) is 50.9 Å². The maximum atomic E-state index is 6.04. The highest BCUT2D eigenvalue weighted by Gasteiger charge is 2.22. The van der Waals surface area contributed by atoms with Crippen molar-refractivity contribution in [1.29, 1.82) is 0 Å². The summed E-state index contributed by atoms with van der Waals surface area (Å²) in [4.78, 5) is 5.11. The molecule has 0 N–H and O–H groups in total. The molecule has 0 bridgehead atoms. The van der Waals surface area contributed by atoms with Gasteiger partial charge in [0.15, 0.2) is 0 Å². The van der Waals surface area contributed by atoms with Crippen LogP contribution in [0.4, 0.5) is 0 Å². The third kappa shape index (κ3) is 3.95. The summed E-state index contributed by atoms with van der Waals surface area (Å²) in [5, 5.41) is 0.836. The zero-order chi connectivity index (χ0) is 13.8. The predicted octanol–water partition coefficient (Wildman–Crippen LogP) is 2.49. The van der Waals surface area contributed by atoms with E-state index in [1.54, 1.807) is 0 Å². The van der Waals surface area contributed by atoms with Crippen molar-refractivity contribution in [1.82, 2.24) is 9.80 Å². The number of rotatable bonds is 4. The first-order chi connectivity index (χ1) is 9.79. The minimum atomic E-state index is 0.759. The van der Waals surface area contributed by atoms with Gasteiger partial charge in [-0.2, -0.15) is 0 Å². The fourth-order valence-corrected chi connectivity index (χ4v) is 3.33. The first-order valence-electron chi connectivity index (χ1n) is 7.56. The van der Waals surface area contributed by atoms with Gasteiger partial charge in [0.25, 0.3) is 0 Å². The maximum absolute atomic E-state index is 6.04. The van der Waals surface area contributed by atoms with E-state index < -0.39 is 0 Å². The highest BCUT2D eigenvalue weighted by atomic mass is 35.5. The Morgan fingerprint density at radius 2 is 1.95 bits per heavy atom. The summed E-state index contributed by atoms with van der Waals surface area (Å²) in [5.41, 5.74) is 1.31. The molecule has 1 aromatic carbocycles. The van der Waals surface area contributed by atoms with Crippen LogP contribution < -0.4 is 0 Å². The zero-order valence-electron chi connectivity index (χ0n) is 11.9. The normalized spacial score (nSPS) is 25.1. The van der Waals surface area contributed by atoms with Crippen LogP contribution in [0.1, 0.15) is 12.0 Å². The van der Waals surface area contributed by atoms with Crippen LogP contribution in [-0.2, 0) is 11.3 Å². The Kier molecular flexibility index (Phi) is 4.94. The van der Waals surface area contributed by atoms with Crippen LogP contribution in [0, 0.1) is 5.92 Å². The van der Waals surface area contributed by atoms with Crippen LogP contribution in [0.15, 0.2) is 24.3 Å². The van der Waals surface area contributed by atoms with Gasteiger partial charge in [-0.25, -0.2) is 0 Å². The highest BCUT2D eigenvalue weighted by Crippen LogP contribution is 2.17. The second kappa shape index (κ2) is 6.90. The molecule has 0 spiro atoms. The molecule has 4 heteroatoms. The Morgan fingerprint density at radius 1 is 1.15 bits per heavy atom. The van der Waals surface area contributed by atoms with Gasteiger partial charge in [0.1, 0.15) is 0 Å². The van der Waals surface area contributed by atoms with E-state index in [9.17, 15) is 0 Å². The molecule has 0 amide bonds. The molecular formula is C16H23ClN2O. The summed E-state index contributed by atoms with van der Waals surface area (Å²) in [5.74, 6) is 0.759. The Hall–Kier alpha value is -0.610. The van der Waals surface area contributed by atoms with Crippen molar-refractivity contribution >= 4 is 11.6 Å². The lowest BCUT2D eigenvalue weighted by Gasteiger charge is -2.35. The summed E-state index contributed by atoms with van der Waals surface area (Å²) in [7, 11) is 0. The molecule has 3 rings (SSSR count). The minimum Gasteiger partial charge on any atom is -0.381 e. The van der Waals surface area contributed by atoms with E-state index in [-0.39, 0.29) is 0 Å². The second-order valence-electron chi connectivity index (χ2n) is 5.94. The van der Waals surface area contributed by atoms with E-state index >= 15 is 0 Å². The topological polar surface area (TPSA) is 15.7 Å². The summed E-state index contributed by atoms with van der Waals surface area (Å²) in [6.45, 7) is 8.81. The first kappa shape index (κ1) is 14.3. The van der Waals surface area contributed by atoms with Crippen molar-refractivity contribution < 1.29 is 4.74 Å². The number of piperazine rings is 1. The number of benzene rings is 1. The van der Waals surface area contributed by atoms with Crippen molar-refractivity contribution in [2.45, 2.75) is 13.0 Å². The van der Waals surface area contributed by atoms with Crippen LogP contribution in [0.5, 0.6) is 0 Å². The van der Waals surface area contributed by atoms with Gasteiger partial charge in [-0.3, -0.25) is 4.90 Å². The molecule has 3 nitrogen and oxygen atoms in total. The summed E-state index contributed by atoms with van der Waals surface area (Å²) < 4.78 is 5.46. The maximum Gasteiger partial charge on any atom is 0.0507 e. The molecule has 2 aliphatic heterocycles. The Bertz CT molecular complexity index is 426. The van der Waals surface area contributed by atoms with Gasteiger partial charge in [-0.1, -0.05) is 23.7 Å². The van der Waals surface area contributed by atoms with E-state index in [2.05, 4.69) is 21.9 Å². The quantitative estimate of drug-likeness (QED) is 0.848. The van der Waals surface area contributed by atoms with Gasteiger partial charge in [0.2, 0.25) is 0 Å². The van der Waals surface area contributed by atoms with Crippen LogP contribution in [0.25, 0.3) is 0 Å². The Morgan fingerprint density at radius 3 is 2.65 bits per heavy atom. The highest BCUT2D eigenvalue weighted by molar-refractivity contribution is 6.30. The van der Waals surface area contributed by atoms with Crippen molar-refractivity contribution in [3.05, 3.63) is 34.9 Å². The average Bonchev–Trinajstić information content (AvgIpc) is 2.94. The third-order valence-corrected chi connectivity index (χ3v) is 4.54. The van der Waals surface area contributed by atoms with E-state index in [1.807, 2.05) is 12.1 Å². The summed E-state index contributed by atoms with van der Waals surface area (Å²) in [6, 6.07) is 8.21. The molecule has 2 heterocycles. The van der Waals surface area contributed by atoms with Crippen LogP contribution in [0.2, 0.25) is 5.02 Å². The lowest BCUT2D eigenvalue weighted by molar-refractivity contribution is 0.107. The third-order valence-electron chi connectivity index (χ3n) is 4.30. The Balaban J connectivity index is 1.43. The first-order valence-corrected chi connectivity index (χ1v) is 7.94. The van der Waals surface area contributed by atoms with Gasteiger partial charge in [-0.05, 0) is 30.0 Å². The van der Waals surface area contributed by atoms with Crippen molar-refractivity contribution in [2.24, 2.45) is 5.92 Å². The van der Waals surface area contributed by atoms with Crippen LogP contribution in [-0.4, -0.2) is 55.7 Å². The van der Waals surface area contributed by atoms with Crippen molar-refractivity contribution in [2.75, 3.05) is 45.9 Å². The van der Waals surface area contributed by atoms with E-state index in [4.69, 9.17) is 16.3 Å². The molecule has 1 aromatic rings. The molecule has 2 fully saturated rings. The number of halogens is 1. The molecule has 0 aromatic heterocycles. The van der Waals surface area contributed by atoms with Crippen molar-refractivity contribution in [3.8, 4) is 0 Å². The summed E-state index contributed by atoms with van der Waals surface area (Å²) in [6.07, 6.45) is 1.24. The van der Waals surface area contributed by atoms with E-state index in [0.717, 1.165) is 43.8 Å². The molecule has 2 saturated heterocycles. The van der Waals surface area contributed by atoms with Crippen LogP contribution >= 0.6 is 11.6 Å². The lowest BCUT2D eigenvalue weighted by atomic mass is 10.1. The van der Waals surface area contributed by atoms with Crippen LogP contribution in [0.3, 0.4) is 0 Å². The summed E-state index contributed by atoms with van der Waals surface area (Å²) >= 11 is 6.04. The monoisotopic (exact) mass is 294 g/mol. The number of hydrogen-bond donors (Lipinski definition) is 0. The largest absolute Gasteiger partial charge is 0.381 e. The fraction of sp³-hybridized carbons (Fsp3) is 0.625. The Labute approximate surface area is 126 Å². The van der Waals surface area contributed by atoms with Crippen molar-refractivity contribution in [3.63, 3.8) is 0 Å². The lowest BCUT2D eigenvalue weighted by Crippen LogP contribution is -2.47. The molecule has 0 unspecified atom stereocenters. The van der Waals surface area contributed by atoms with Gasteiger partial charge < -0.3 is 9.64 Å². The smallest absolute Gasteiger partial charge is 0.0507 e. The molecule has 1 atom stereocenters. The SMILES string of the molecule is Clc1cccc(CN2CCN(C[C@H]3CCOC3)CC2)c1. The van der Waals surface area contributed by atoms with Gasteiger partial charge >= 0.3 is 0 Å².